The Morgan fingerprint density at radius 3 is 2.54 bits per heavy atom. The minimum atomic E-state index is -1.38. The van der Waals surface area contributed by atoms with E-state index in [4.69, 9.17) is 10.5 Å². The molecule has 1 aliphatic carbocycles. The first kappa shape index (κ1) is 27.1. The van der Waals surface area contributed by atoms with E-state index in [2.05, 4.69) is 27.2 Å². The van der Waals surface area contributed by atoms with Crippen LogP contribution in [0.15, 0.2) is 85.6 Å². The number of ether oxygens (including phenoxy) is 1. The number of halogens is 1. The highest BCUT2D eigenvalue weighted by Gasteiger charge is 2.21. The van der Waals surface area contributed by atoms with Gasteiger partial charge < -0.3 is 26.0 Å². The molecule has 2 aromatic heterocycles. The summed E-state index contributed by atoms with van der Waals surface area (Å²) in [6.07, 6.45) is 9.53. The largest absolute Gasteiger partial charge is 0.439 e. The van der Waals surface area contributed by atoms with Gasteiger partial charge in [0.05, 0.1) is 23.8 Å². The fourth-order valence-electron chi connectivity index (χ4n) is 3.63. The van der Waals surface area contributed by atoms with E-state index in [0.717, 1.165) is 11.1 Å². The monoisotopic (exact) mass is 528 g/mol. The zero-order valence-corrected chi connectivity index (χ0v) is 21.9. The Morgan fingerprint density at radius 1 is 1.08 bits per heavy atom. The van der Waals surface area contributed by atoms with Gasteiger partial charge in [-0.05, 0) is 55.0 Å². The highest BCUT2D eigenvalue weighted by molar-refractivity contribution is 6.25. The number of rotatable bonds is 7. The van der Waals surface area contributed by atoms with E-state index in [9.17, 15) is 14.0 Å². The molecule has 1 atom stereocenters. The normalized spacial score (nSPS) is 16.2. The highest BCUT2D eigenvalue weighted by Crippen LogP contribution is 2.30. The summed E-state index contributed by atoms with van der Waals surface area (Å²) in [4.78, 5) is 34.8. The quantitative estimate of drug-likeness (QED) is 0.278. The van der Waals surface area contributed by atoms with Gasteiger partial charge in [-0.3, -0.25) is 9.78 Å². The molecule has 4 rings (SSSR count). The standard InChI is InChI=1S/C29H29FN6O3/c1-18(27(37)34-21-6-8-26(33-17-21)39-23-9-11-29(2,30)12-10-23)24-14-19(5-7-25(24)31)20-13-22(16-32-15-20)35-28(38)36(3)4/h5-11,13-17H,1,12,31H2,2-4H3,(H,34,37)(H,35,38). The van der Waals surface area contributed by atoms with E-state index in [1.165, 1.54) is 24.1 Å². The van der Waals surface area contributed by atoms with E-state index >= 15 is 0 Å². The SMILES string of the molecule is C=C(C(=O)Nc1ccc(OC2=CCC(C)(F)C=C2)nc1)c1cc(-c2cncc(NC(=O)N(C)C)c2)ccc1N. The molecule has 1 unspecified atom stereocenters. The van der Waals surface area contributed by atoms with Crippen LogP contribution in [-0.2, 0) is 4.79 Å². The number of hydrogen-bond acceptors (Lipinski definition) is 6. The molecule has 39 heavy (non-hydrogen) atoms. The lowest BCUT2D eigenvalue weighted by Crippen LogP contribution is -2.27. The average molecular weight is 529 g/mol. The summed E-state index contributed by atoms with van der Waals surface area (Å²) in [5.74, 6) is 0.346. The predicted octanol–water partition coefficient (Wildman–Crippen LogP) is 5.42. The molecule has 4 N–H and O–H groups in total. The molecule has 0 spiro atoms. The Balaban J connectivity index is 1.44. The first-order chi connectivity index (χ1) is 18.5. The number of hydrogen-bond donors (Lipinski definition) is 3. The van der Waals surface area contributed by atoms with Gasteiger partial charge in [-0.15, -0.1) is 0 Å². The summed E-state index contributed by atoms with van der Waals surface area (Å²) >= 11 is 0. The van der Waals surface area contributed by atoms with Gasteiger partial charge in [0.25, 0.3) is 5.91 Å². The maximum absolute atomic E-state index is 13.9. The van der Waals surface area contributed by atoms with Crippen molar-refractivity contribution in [3.63, 3.8) is 0 Å². The van der Waals surface area contributed by atoms with Gasteiger partial charge >= 0.3 is 6.03 Å². The van der Waals surface area contributed by atoms with E-state index < -0.39 is 11.6 Å². The van der Waals surface area contributed by atoms with Crippen molar-refractivity contribution >= 4 is 34.6 Å². The summed E-state index contributed by atoms with van der Waals surface area (Å²) in [5.41, 5.74) is 8.20. The first-order valence-electron chi connectivity index (χ1n) is 12.1. The summed E-state index contributed by atoms with van der Waals surface area (Å²) in [6.45, 7) is 5.43. The second-order valence-electron chi connectivity index (χ2n) is 9.43. The number of alkyl halides is 1. The van der Waals surface area contributed by atoms with Crippen LogP contribution in [0.1, 0.15) is 18.9 Å². The lowest BCUT2D eigenvalue weighted by atomic mass is 9.98. The molecule has 0 saturated heterocycles. The second-order valence-corrected chi connectivity index (χ2v) is 9.43. The Bertz CT molecular complexity index is 1480. The fraction of sp³-hybridized carbons (Fsp3) is 0.172. The highest BCUT2D eigenvalue weighted by atomic mass is 19.1. The number of nitrogens with two attached hydrogens (primary N) is 1. The number of pyridine rings is 2. The molecular formula is C29H29FN6O3. The number of nitrogens with zero attached hydrogens (tertiary/aromatic N) is 3. The smallest absolute Gasteiger partial charge is 0.321 e. The summed E-state index contributed by atoms with van der Waals surface area (Å²) in [7, 11) is 3.29. The topological polar surface area (TPSA) is 122 Å². The Morgan fingerprint density at radius 2 is 1.87 bits per heavy atom. The molecule has 3 amide bonds. The molecule has 3 aromatic rings. The molecule has 10 heteroatoms. The van der Waals surface area contributed by atoms with Crippen molar-refractivity contribution in [3.8, 4) is 17.0 Å². The molecule has 200 valence electrons. The van der Waals surface area contributed by atoms with E-state index in [-0.39, 0.29) is 18.0 Å². The molecule has 0 radical (unpaired) electrons. The van der Waals surface area contributed by atoms with Crippen molar-refractivity contribution in [2.24, 2.45) is 0 Å². The van der Waals surface area contributed by atoms with Crippen LogP contribution in [0, 0.1) is 0 Å². The predicted molar refractivity (Wildman–Crippen MR) is 151 cm³/mol. The summed E-state index contributed by atoms with van der Waals surface area (Å²) < 4.78 is 19.5. The minimum Gasteiger partial charge on any atom is -0.439 e. The van der Waals surface area contributed by atoms with Gasteiger partial charge in [-0.1, -0.05) is 12.6 Å². The number of benzene rings is 1. The number of allylic oxidation sites excluding steroid dienone is 3. The zero-order valence-electron chi connectivity index (χ0n) is 21.9. The number of nitrogens with one attached hydrogen (secondary N) is 2. The van der Waals surface area contributed by atoms with Crippen LogP contribution >= 0.6 is 0 Å². The third-order valence-corrected chi connectivity index (χ3v) is 5.90. The molecule has 2 heterocycles. The van der Waals surface area contributed by atoms with Crippen molar-refractivity contribution < 1.29 is 18.7 Å². The lowest BCUT2D eigenvalue weighted by Gasteiger charge is -2.18. The molecule has 1 aliphatic rings. The van der Waals surface area contributed by atoms with Crippen LogP contribution in [0.25, 0.3) is 16.7 Å². The number of carbonyl (C=O) groups excluding carboxylic acids is 2. The van der Waals surface area contributed by atoms with Crippen LogP contribution in [0.2, 0.25) is 0 Å². The molecule has 0 bridgehead atoms. The zero-order chi connectivity index (χ0) is 28.2. The van der Waals surface area contributed by atoms with Crippen molar-refractivity contribution in [2.75, 3.05) is 30.5 Å². The number of anilines is 3. The maximum atomic E-state index is 13.9. The lowest BCUT2D eigenvalue weighted by molar-refractivity contribution is -0.111. The number of aromatic nitrogens is 2. The molecule has 1 aromatic carbocycles. The average Bonchev–Trinajstić information content (AvgIpc) is 2.91. The van der Waals surface area contributed by atoms with Crippen LogP contribution < -0.4 is 21.1 Å². The van der Waals surface area contributed by atoms with Crippen molar-refractivity contribution in [1.82, 2.24) is 14.9 Å². The Labute approximate surface area is 225 Å². The van der Waals surface area contributed by atoms with Gasteiger partial charge in [-0.25, -0.2) is 14.2 Å². The van der Waals surface area contributed by atoms with Gasteiger partial charge in [-0.2, -0.15) is 0 Å². The van der Waals surface area contributed by atoms with Crippen molar-refractivity contribution in [3.05, 3.63) is 91.1 Å². The Hall–Kier alpha value is -4.99. The van der Waals surface area contributed by atoms with Crippen LogP contribution in [-0.4, -0.2) is 46.6 Å². The number of urea groups is 1. The maximum Gasteiger partial charge on any atom is 0.321 e. The van der Waals surface area contributed by atoms with Gasteiger partial charge in [0.1, 0.15) is 11.4 Å². The van der Waals surface area contributed by atoms with Crippen molar-refractivity contribution in [2.45, 2.75) is 19.0 Å². The van der Waals surface area contributed by atoms with Gasteiger partial charge in [0.2, 0.25) is 5.88 Å². The number of amides is 3. The molecule has 0 aliphatic heterocycles. The summed E-state index contributed by atoms with van der Waals surface area (Å²) in [5, 5.41) is 5.51. The van der Waals surface area contributed by atoms with Crippen LogP contribution in [0.4, 0.5) is 26.2 Å². The number of carbonyl (C=O) groups is 2. The third kappa shape index (κ3) is 6.86. The van der Waals surface area contributed by atoms with E-state index in [0.29, 0.717) is 34.3 Å². The third-order valence-electron chi connectivity index (χ3n) is 5.90. The molecular weight excluding hydrogens is 499 g/mol. The van der Waals surface area contributed by atoms with Gasteiger partial charge in [0.15, 0.2) is 0 Å². The summed E-state index contributed by atoms with van der Waals surface area (Å²) in [6, 6.07) is 9.96. The second kappa shape index (κ2) is 11.2. The molecule has 0 fully saturated rings. The fourth-order valence-corrected chi connectivity index (χ4v) is 3.63. The molecule has 9 nitrogen and oxygen atoms in total. The van der Waals surface area contributed by atoms with Crippen LogP contribution in [0.5, 0.6) is 5.88 Å². The van der Waals surface area contributed by atoms with E-state index in [1.807, 2.05) is 0 Å². The van der Waals surface area contributed by atoms with E-state index in [1.54, 1.807) is 75.0 Å². The minimum absolute atomic E-state index is 0.159. The van der Waals surface area contributed by atoms with Crippen LogP contribution in [0.3, 0.4) is 0 Å². The number of nitrogen functional groups attached to an aromatic ring is 1. The van der Waals surface area contributed by atoms with Crippen molar-refractivity contribution in [1.29, 1.82) is 0 Å². The Kier molecular flexibility index (Phi) is 7.75. The van der Waals surface area contributed by atoms with Gasteiger partial charge in [0, 0.05) is 55.2 Å². The first-order valence-corrected chi connectivity index (χ1v) is 12.1. The molecule has 0 saturated carbocycles.